The summed E-state index contributed by atoms with van der Waals surface area (Å²) < 4.78 is 29.6. The van der Waals surface area contributed by atoms with Crippen LogP contribution >= 0.6 is 11.8 Å². The first-order chi connectivity index (χ1) is 12.8. The highest BCUT2D eigenvalue weighted by Gasteiger charge is 2.20. The summed E-state index contributed by atoms with van der Waals surface area (Å²) in [5.41, 5.74) is 0.467. The summed E-state index contributed by atoms with van der Waals surface area (Å²) in [5.74, 6) is 0.892. The van der Waals surface area contributed by atoms with Crippen molar-refractivity contribution in [2.24, 2.45) is 12.2 Å². The Balaban J connectivity index is 1.66. The molecule has 0 bridgehead atoms. The molecule has 0 spiro atoms. The van der Waals surface area contributed by atoms with Crippen molar-refractivity contribution in [3.63, 3.8) is 0 Å². The van der Waals surface area contributed by atoms with Gasteiger partial charge in [-0.05, 0) is 43.3 Å². The molecule has 11 heteroatoms. The Morgan fingerprint density at radius 1 is 1.26 bits per heavy atom. The predicted octanol–water partition coefficient (Wildman–Crippen LogP) is 1.84. The Morgan fingerprint density at radius 2 is 1.96 bits per heavy atom. The Kier molecular flexibility index (Phi) is 5.35. The molecular formula is C16H17N5O4S2. The predicted molar refractivity (Wildman–Crippen MR) is 100 cm³/mol. The number of nitrogens with zero attached hydrogens (tertiary/aromatic N) is 3. The molecule has 1 atom stereocenters. The SMILES string of the molecule is CC(Sc1nnc(-c2ccco2)n1C)C(=O)Nc1ccc(S(N)(=O)=O)cc1. The zero-order valence-electron chi connectivity index (χ0n) is 14.5. The zero-order chi connectivity index (χ0) is 19.6. The number of primary sulfonamides is 1. The number of thioether (sulfide) groups is 1. The van der Waals surface area contributed by atoms with E-state index in [1.54, 1.807) is 36.9 Å². The second-order valence-electron chi connectivity index (χ2n) is 5.66. The zero-order valence-corrected chi connectivity index (χ0v) is 16.1. The first-order valence-electron chi connectivity index (χ1n) is 7.79. The average molecular weight is 407 g/mol. The van der Waals surface area contributed by atoms with Gasteiger partial charge in [0.15, 0.2) is 16.7 Å². The molecule has 9 nitrogen and oxygen atoms in total. The van der Waals surface area contributed by atoms with E-state index in [-0.39, 0.29) is 10.8 Å². The first kappa shape index (κ1) is 19.1. The van der Waals surface area contributed by atoms with Crippen molar-refractivity contribution in [1.82, 2.24) is 14.8 Å². The molecule has 1 unspecified atom stereocenters. The van der Waals surface area contributed by atoms with Gasteiger partial charge < -0.3 is 14.3 Å². The molecule has 2 aromatic heterocycles. The van der Waals surface area contributed by atoms with Crippen LogP contribution in [0.3, 0.4) is 0 Å². The van der Waals surface area contributed by atoms with Crippen molar-refractivity contribution in [3.05, 3.63) is 42.7 Å². The van der Waals surface area contributed by atoms with E-state index in [2.05, 4.69) is 15.5 Å². The highest BCUT2D eigenvalue weighted by atomic mass is 32.2. The maximum absolute atomic E-state index is 12.4. The second kappa shape index (κ2) is 7.55. The Labute approximate surface area is 160 Å². The number of amides is 1. The minimum Gasteiger partial charge on any atom is -0.461 e. The number of aromatic nitrogens is 3. The van der Waals surface area contributed by atoms with Crippen molar-refractivity contribution >= 4 is 33.4 Å². The number of nitrogens with one attached hydrogen (secondary N) is 1. The molecule has 0 aliphatic heterocycles. The van der Waals surface area contributed by atoms with E-state index in [4.69, 9.17) is 9.56 Å². The van der Waals surface area contributed by atoms with Crippen LogP contribution in [0, 0.1) is 0 Å². The van der Waals surface area contributed by atoms with Gasteiger partial charge >= 0.3 is 0 Å². The van der Waals surface area contributed by atoms with Crippen molar-refractivity contribution < 1.29 is 17.6 Å². The van der Waals surface area contributed by atoms with Gasteiger partial charge in [-0.15, -0.1) is 10.2 Å². The molecule has 3 aromatic rings. The third-order valence-corrected chi connectivity index (χ3v) is 5.74. The maximum Gasteiger partial charge on any atom is 0.238 e. The van der Waals surface area contributed by atoms with E-state index in [1.807, 2.05) is 0 Å². The van der Waals surface area contributed by atoms with Crippen LogP contribution in [0.1, 0.15) is 6.92 Å². The van der Waals surface area contributed by atoms with Gasteiger partial charge in [-0.1, -0.05) is 11.8 Å². The Hall–Kier alpha value is -2.63. The molecular weight excluding hydrogens is 390 g/mol. The van der Waals surface area contributed by atoms with E-state index >= 15 is 0 Å². The minimum absolute atomic E-state index is 0.0209. The lowest BCUT2D eigenvalue weighted by atomic mass is 10.3. The van der Waals surface area contributed by atoms with Gasteiger partial charge in [0.05, 0.1) is 16.4 Å². The Bertz CT molecular complexity index is 1040. The fourth-order valence-corrected chi connectivity index (χ4v) is 3.55. The van der Waals surface area contributed by atoms with Crippen LogP contribution in [-0.4, -0.2) is 34.3 Å². The van der Waals surface area contributed by atoms with Crippen molar-refractivity contribution in [1.29, 1.82) is 0 Å². The van der Waals surface area contributed by atoms with Gasteiger partial charge in [-0.3, -0.25) is 4.79 Å². The Morgan fingerprint density at radius 3 is 2.56 bits per heavy atom. The van der Waals surface area contributed by atoms with Gasteiger partial charge in [-0.25, -0.2) is 13.6 Å². The molecule has 3 N–H and O–H groups in total. The van der Waals surface area contributed by atoms with E-state index in [9.17, 15) is 13.2 Å². The van der Waals surface area contributed by atoms with E-state index in [0.717, 1.165) is 0 Å². The van der Waals surface area contributed by atoms with E-state index in [0.29, 0.717) is 22.4 Å². The number of rotatable bonds is 6. The number of hydrogen-bond acceptors (Lipinski definition) is 7. The minimum atomic E-state index is -3.77. The molecule has 0 fully saturated rings. The number of anilines is 1. The number of sulfonamides is 1. The van der Waals surface area contributed by atoms with Crippen molar-refractivity contribution in [2.75, 3.05) is 5.32 Å². The van der Waals surface area contributed by atoms with Gasteiger partial charge in [0.1, 0.15) is 0 Å². The number of furan rings is 1. The number of hydrogen-bond donors (Lipinski definition) is 2. The third-order valence-electron chi connectivity index (χ3n) is 3.68. The van der Waals surface area contributed by atoms with E-state index in [1.165, 1.54) is 36.0 Å². The highest BCUT2D eigenvalue weighted by molar-refractivity contribution is 8.00. The lowest BCUT2D eigenvalue weighted by Crippen LogP contribution is -2.23. The molecule has 0 saturated carbocycles. The largest absolute Gasteiger partial charge is 0.461 e. The van der Waals surface area contributed by atoms with Crippen LogP contribution in [-0.2, 0) is 21.9 Å². The number of carbonyl (C=O) groups excluding carboxylic acids is 1. The normalized spacial score (nSPS) is 12.7. The summed E-state index contributed by atoms with van der Waals surface area (Å²) in [5, 5.41) is 16.1. The van der Waals surface area contributed by atoms with Crippen molar-refractivity contribution in [2.45, 2.75) is 22.2 Å². The molecule has 1 amide bonds. The van der Waals surface area contributed by atoms with Crippen molar-refractivity contribution in [3.8, 4) is 11.6 Å². The number of carbonyl (C=O) groups is 1. The fraction of sp³-hybridized carbons (Fsp3) is 0.188. The third kappa shape index (κ3) is 4.38. The standard InChI is InChI=1S/C16H17N5O4S2/c1-10(15(22)18-11-5-7-12(8-6-11)27(17,23)24)26-16-20-19-14(21(16)2)13-4-3-9-25-13/h3-10H,1-2H3,(H,18,22)(H2,17,23,24). The van der Waals surface area contributed by atoms with Crippen LogP contribution in [0.25, 0.3) is 11.6 Å². The van der Waals surface area contributed by atoms with Gasteiger partial charge in [0, 0.05) is 12.7 Å². The van der Waals surface area contributed by atoms with Gasteiger partial charge in [-0.2, -0.15) is 0 Å². The summed E-state index contributed by atoms with van der Waals surface area (Å²) in [6, 6.07) is 9.16. The maximum atomic E-state index is 12.4. The molecule has 3 rings (SSSR count). The summed E-state index contributed by atoms with van der Waals surface area (Å²) >= 11 is 1.24. The van der Waals surface area contributed by atoms with Crippen LogP contribution in [0.4, 0.5) is 5.69 Å². The van der Waals surface area contributed by atoms with E-state index < -0.39 is 15.3 Å². The molecule has 27 heavy (non-hydrogen) atoms. The van der Waals surface area contributed by atoms with Crippen LogP contribution in [0.15, 0.2) is 57.1 Å². The topological polar surface area (TPSA) is 133 Å². The quantitative estimate of drug-likeness (QED) is 0.596. The summed E-state index contributed by atoms with van der Waals surface area (Å²) in [6.07, 6.45) is 1.55. The average Bonchev–Trinajstić information content (AvgIpc) is 3.25. The molecule has 142 valence electrons. The molecule has 0 aliphatic carbocycles. The summed E-state index contributed by atoms with van der Waals surface area (Å²) in [6.45, 7) is 1.74. The van der Waals surface area contributed by atoms with Gasteiger partial charge in [0.2, 0.25) is 15.9 Å². The summed E-state index contributed by atoms with van der Waals surface area (Å²) in [4.78, 5) is 12.4. The first-order valence-corrected chi connectivity index (χ1v) is 10.2. The lowest BCUT2D eigenvalue weighted by molar-refractivity contribution is -0.115. The fourth-order valence-electron chi connectivity index (χ4n) is 2.22. The van der Waals surface area contributed by atoms with Crippen LogP contribution in [0.5, 0.6) is 0 Å². The van der Waals surface area contributed by atoms with Crippen LogP contribution in [0.2, 0.25) is 0 Å². The smallest absolute Gasteiger partial charge is 0.238 e. The number of nitrogens with two attached hydrogens (primary N) is 1. The molecule has 0 radical (unpaired) electrons. The highest BCUT2D eigenvalue weighted by Crippen LogP contribution is 2.26. The number of benzene rings is 1. The summed E-state index contributed by atoms with van der Waals surface area (Å²) in [7, 11) is -1.98. The van der Waals surface area contributed by atoms with Crippen LogP contribution < -0.4 is 10.5 Å². The van der Waals surface area contributed by atoms with Gasteiger partial charge in [0.25, 0.3) is 0 Å². The monoisotopic (exact) mass is 407 g/mol. The molecule has 0 aliphatic rings. The second-order valence-corrected chi connectivity index (χ2v) is 8.53. The molecule has 2 heterocycles. The molecule has 1 aromatic carbocycles. The lowest BCUT2D eigenvalue weighted by Gasteiger charge is -2.12. The molecule has 0 saturated heterocycles.